The third kappa shape index (κ3) is 3.67. The molecule has 7 heteroatoms. The maximum Gasteiger partial charge on any atom is 0.250 e. The minimum atomic E-state index is -3.83. The molecule has 1 heterocycles. The molecule has 0 saturated carbocycles. The molecule has 1 amide bonds. The molecule has 2 N–H and O–H groups in total. The van der Waals surface area contributed by atoms with Gasteiger partial charge in [-0.1, -0.05) is 12.1 Å². The van der Waals surface area contributed by atoms with Crippen LogP contribution in [0.25, 0.3) is 0 Å². The van der Waals surface area contributed by atoms with E-state index in [-0.39, 0.29) is 21.5 Å². The molecule has 1 fully saturated rings. The minimum absolute atomic E-state index is 0.0168. The highest BCUT2D eigenvalue weighted by Gasteiger charge is 2.24. The van der Waals surface area contributed by atoms with Gasteiger partial charge in [0.1, 0.15) is 11.9 Å². The van der Waals surface area contributed by atoms with Crippen LogP contribution in [0.4, 0.5) is 0 Å². The van der Waals surface area contributed by atoms with E-state index in [1.54, 1.807) is 24.3 Å². The number of amides is 1. The van der Waals surface area contributed by atoms with Gasteiger partial charge < -0.3 is 15.4 Å². The predicted octanol–water partition coefficient (Wildman–Crippen LogP) is 1.70. The van der Waals surface area contributed by atoms with Crippen LogP contribution in [0.2, 0.25) is 0 Å². The summed E-state index contributed by atoms with van der Waals surface area (Å²) < 4.78 is 31.5. The molecule has 0 radical (unpaired) electrons. The second kappa shape index (κ2) is 6.85. The number of carbonyl (C=O) groups excluding carboxylic acids is 1. The molecule has 3 rings (SSSR count). The lowest BCUT2D eigenvalue weighted by atomic mass is 10.2. The smallest absolute Gasteiger partial charge is 0.250 e. The Balaban J connectivity index is 1.85. The number of likely N-dealkylation sites (N-methyl/N-ethyl adjacent to an activating group) is 1. The summed E-state index contributed by atoms with van der Waals surface area (Å²) >= 11 is 0. The molecule has 1 atom stereocenters. The van der Waals surface area contributed by atoms with E-state index in [0.717, 1.165) is 19.5 Å². The first-order valence-electron chi connectivity index (χ1n) is 7.97. The number of ether oxygens (including phenoxy) is 1. The molecule has 6 nitrogen and oxygen atoms in total. The van der Waals surface area contributed by atoms with Crippen molar-refractivity contribution in [2.45, 2.75) is 22.3 Å². The normalized spacial score (nSPS) is 18.2. The lowest BCUT2D eigenvalue weighted by Crippen LogP contribution is -2.21. The average molecular weight is 360 g/mol. The molecule has 0 aliphatic carbocycles. The SMILES string of the molecule is CN1CC[C@@H](Oc2ccc(S(=O)(=O)c3ccccc3C(N)=O)cc2)C1. The van der Waals surface area contributed by atoms with E-state index in [9.17, 15) is 13.2 Å². The first-order valence-corrected chi connectivity index (χ1v) is 9.45. The molecule has 132 valence electrons. The van der Waals surface area contributed by atoms with Crippen LogP contribution in [-0.2, 0) is 9.84 Å². The number of carbonyl (C=O) groups is 1. The highest BCUT2D eigenvalue weighted by Crippen LogP contribution is 2.26. The fourth-order valence-corrected chi connectivity index (χ4v) is 4.38. The summed E-state index contributed by atoms with van der Waals surface area (Å²) in [6.07, 6.45) is 1.06. The molecule has 0 bridgehead atoms. The van der Waals surface area contributed by atoms with E-state index in [2.05, 4.69) is 4.90 Å². The van der Waals surface area contributed by atoms with Gasteiger partial charge >= 0.3 is 0 Å². The second-order valence-electron chi connectivity index (χ2n) is 6.13. The highest BCUT2D eigenvalue weighted by atomic mass is 32.2. The number of rotatable bonds is 5. The van der Waals surface area contributed by atoms with Gasteiger partial charge in [0.05, 0.1) is 15.4 Å². The summed E-state index contributed by atoms with van der Waals surface area (Å²) in [5.41, 5.74) is 5.27. The van der Waals surface area contributed by atoms with Crippen molar-refractivity contribution in [1.29, 1.82) is 0 Å². The Morgan fingerprint density at radius 3 is 2.44 bits per heavy atom. The van der Waals surface area contributed by atoms with Crippen LogP contribution < -0.4 is 10.5 Å². The fraction of sp³-hybridized carbons (Fsp3) is 0.278. The number of hydrogen-bond acceptors (Lipinski definition) is 5. The van der Waals surface area contributed by atoms with E-state index in [0.29, 0.717) is 5.75 Å². The Morgan fingerprint density at radius 2 is 1.84 bits per heavy atom. The molecule has 1 aliphatic rings. The van der Waals surface area contributed by atoms with Crippen LogP contribution in [0.3, 0.4) is 0 Å². The molecule has 1 aliphatic heterocycles. The Kier molecular flexibility index (Phi) is 4.78. The van der Waals surface area contributed by atoms with Crippen molar-refractivity contribution in [3.63, 3.8) is 0 Å². The number of likely N-dealkylation sites (tertiary alicyclic amines) is 1. The molecule has 0 aromatic heterocycles. The van der Waals surface area contributed by atoms with Crippen LogP contribution in [-0.4, -0.2) is 45.5 Å². The second-order valence-corrected chi connectivity index (χ2v) is 8.04. The molecule has 2 aromatic carbocycles. The summed E-state index contributed by atoms with van der Waals surface area (Å²) in [5.74, 6) is -0.146. The number of hydrogen-bond donors (Lipinski definition) is 1. The van der Waals surface area contributed by atoms with Gasteiger partial charge in [-0.15, -0.1) is 0 Å². The van der Waals surface area contributed by atoms with Crippen LogP contribution >= 0.6 is 0 Å². The van der Waals surface area contributed by atoms with Gasteiger partial charge in [0, 0.05) is 13.1 Å². The standard InChI is InChI=1S/C18H20N2O4S/c1-20-11-10-14(12-20)24-13-6-8-15(9-7-13)25(22,23)17-5-3-2-4-16(17)18(19)21/h2-9,14H,10-12H2,1H3,(H2,19,21)/t14-/m1/s1. The molecule has 0 unspecified atom stereocenters. The van der Waals surface area contributed by atoms with Crippen molar-refractivity contribution < 1.29 is 17.9 Å². The van der Waals surface area contributed by atoms with E-state index in [4.69, 9.17) is 10.5 Å². The first-order chi connectivity index (χ1) is 11.9. The quantitative estimate of drug-likeness (QED) is 0.876. The molecule has 2 aromatic rings. The monoisotopic (exact) mass is 360 g/mol. The van der Waals surface area contributed by atoms with Gasteiger partial charge in [0.25, 0.3) is 0 Å². The van der Waals surface area contributed by atoms with Crippen molar-refractivity contribution >= 4 is 15.7 Å². The van der Waals surface area contributed by atoms with Crippen LogP contribution in [0.15, 0.2) is 58.3 Å². The van der Waals surface area contributed by atoms with Crippen molar-refractivity contribution in [1.82, 2.24) is 4.90 Å². The number of sulfone groups is 1. The predicted molar refractivity (Wildman–Crippen MR) is 93.4 cm³/mol. The van der Waals surface area contributed by atoms with Crippen molar-refractivity contribution in [2.24, 2.45) is 5.73 Å². The number of primary amides is 1. The Hall–Kier alpha value is -2.38. The molecule has 25 heavy (non-hydrogen) atoms. The lowest BCUT2D eigenvalue weighted by molar-refractivity contribution is 0.0997. The van der Waals surface area contributed by atoms with Gasteiger partial charge in [0.2, 0.25) is 15.7 Å². The Morgan fingerprint density at radius 1 is 1.16 bits per heavy atom. The summed E-state index contributed by atoms with van der Waals surface area (Å²) in [6.45, 7) is 1.84. The van der Waals surface area contributed by atoms with Gasteiger partial charge in [-0.05, 0) is 49.9 Å². The van der Waals surface area contributed by atoms with Crippen molar-refractivity contribution in [3.8, 4) is 5.75 Å². The summed E-state index contributed by atoms with van der Waals surface area (Å²) in [5, 5.41) is 0. The number of benzene rings is 2. The Bertz CT molecular complexity index is 878. The number of nitrogens with zero attached hydrogens (tertiary/aromatic N) is 1. The van der Waals surface area contributed by atoms with Crippen LogP contribution in [0.1, 0.15) is 16.8 Å². The highest BCUT2D eigenvalue weighted by molar-refractivity contribution is 7.91. The zero-order valence-electron chi connectivity index (χ0n) is 13.9. The zero-order valence-corrected chi connectivity index (χ0v) is 14.7. The largest absolute Gasteiger partial charge is 0.489 e. The maximum atomic E-state index is 12.8. The summed E-state index contributed by atoms with van der Waals surface area (Å²) in [4.78, 5) is 13.7. The molecular weight excluding hydrogens is 340 g/mol. The van der Waals surface area contributed by atoms with E-state index >= 15 is 0 Å². The Labute approximate surface area is 147 Å². The minimum Gasteiger partial charge on any atom is -0.489 e. The topological polar surface area (TPSA) is 89.7 Å². The summed E-state index contributed by atoms with van der Waals surface area (Å²) in [6, 6.07) is 12.2. The van der Waals surface area contributed by atoms with Crippen molar-refractivity contribution in [3.05, 3.63) is 54.1 Å². The average Bonchev–Trinajstić information content (AvgIpc) is 3.00. The van der Waals surface area contributed by atoms with Crippen molar-refractivity contribution in [2.75, 3.05) is 20.1 Å². The van der Waals surface area contributed by atoms with E-state index in [1.807, 2.05) is 7.05 Å². The van der Waals surface area contributed by atoms with Gasteiger partial charge in [0.15, 0.2) is 0 Å². The number of nitrogens with two attached hydrogens (primary N) is 1. The van der Waals surface area contributed by atoms with Crippen LogP contribution in [0.5, 0.6) is 5.75 Å². The first kappa shape index (κ1) is 17.4. The van der Waals surface area contributed by atoms with E-state index < -0.39 is 15.7 Å². The molecule has 0 spiro atoms. The van der Waals surface area contributed by atoms with Crippen LogP contribution in [0, 0.1) is 0 Å². The molecular formula is C18H20N2O4S. The van der Waals surface area contributed by atoms with Gasteiger partial charge in [-0.3, -0.25) is 4.79 Å². The zero-order chi connectivity index (χ0) is 18.0. The summed E-state index contributed by atoms with van der Waals surface area (Å²) in [7, 11) is -1.80. The van der Waals surface area contributed by atoms with E-state index in [1.165, 1.54) is 24.3 Å². The maximum absolute atomic E-state index is 12.8. The van der Waals surface area contributed by atoms with Gasteiger partial charge in [-0.25, -0.2) is 8.42 Å². The third-order valence-electron chi connectivity index (χ3n) is 4.23. The van der Waals surface area contributed by atoms with Gasteiger partial charge in [-0.2, -0.15) is 0 Å². The third-order valence-corrected chi connectivity index (χ3v) is 6.05. The fourth-order valence-electron chi connectivity index (χ4n) is 2.91. The molecule has 1 saturated heterocycles. The lowest BCUT2D eigenvalue weighted by Gasteiger charge is -2.14.